The zero-order valence-corrected chi connectivity index (χ0v) is 8.41. The van der Waals surface area contributed by atoms with Crippen LogP contribution in [0, 0.1) is 6.92 Å². The summed E-state index contributed by atoms with van der Waals surface area (Å²) in [6.07, 6.45) is 1.82. The maximum atomic E-state index is 10.2. The van der Waals surface area contributed by atoms with Crippen molar-refractivity contribution in [3.05, 3.63) is 23.3 Å². The molecule has 1 rings (SSSR count). The summed E-state index contributed by atoms with van der Waals surface area (Å²) in [6.45, 7) is 1.90. The molecule has 1 aromatic carbocycles. The highest BCUT2D eigenvalue weighted by Crippen LogP contribution is 2.32. The van der Waals surface area contributed by atoms with Crippen molar-refractivity contribution in [3.63, 3.8) is 0 Å². The molecule has 0 saturated heterocycles. The van der Waals surface area contributed by atoms with Crippen LogP contribution < -0.4 is 4.74 Å². The van der Waals surface area contributed by atoms with Crippen molar-refractivity contribution < 1.29 is 14.6 Å². The highest BCUT2D eigenvalue weighted by molar-refractivity contribution is 5.54. The molecule has 0 heterocycles. The summed E-state index contributed by atoms with van der Waals surface area (Å²) >= 11 is 0. The predicted molar refractivity (Wildman–Crippen MR) is 53.8 cm³/mol. The fourth-order valence-electron chi connectivity index (χ4n) is 1.40. The molecule has 0 spiro atoms. The Morgan fingerprint density at radius 3 is 2.79 bits per heavy atom. The van der Waals surface area contributed by atoms with E-state index in [4.69, 9.17) is 4.74 Å². The number of hydrogen-bond donors (Lipinski definition) is 1. The lowest BCUT2D eigenvalue weighted by molar-refractivity contribution is -0.107. The maximum Gasteiger partial charge on any atom is 0.161 e. The second kappa shape index (κ2) is 4.65. The van der Waals surface area contributed by atoms with Crippen molar-refractivity contribution in [2.24, 2.45) is 0 Å². The molecular formula is C11H14O3. The van der Waals surface area contributed by atoms with Gasteiger partial charge in [-0.05, 0) is 25.0 Å². The number of aromatic hydroxyl groups is 1. The van der Waals surface area contributed by atoms with Crippen LogP contribution in [0.15, 0.2) is 12.1 Å². The van der Waals surface area contributed by atoms with Crippen molar-refractivity contribution >= 4 is 6.29 Å². The number of carbonyl (C=O) groups excluding carboxylic acids is 1. The average molecular weight is 194 g/mol. The van der Waals surface area contributed by atoms with Gasteiger partial charge < -0.3 is 14.6 Å². The van der Waals surface area contributed by atoms with Gasteiger partial charge in [0, 0.05) is 12.0 Å². The molecule has 0 bridgehead atoms. The minimum Gasteiger partial charge on any atom is -0.504 e. The first-order valence-electron chi connectivity index (χ1n) is 4.49. The Morgan fingerprint density at radius 1 is 1.50 bits per heavy atom. The quantitative estimate of drug-likeness (QED) is 0.744. The molecule has 0 amide bonds. The third kappa shape index (κ3) is 2.05. The fourth-order valence-corrected chi connectivity index (χ4v) is 1.40. The van der Waals surface area contributed by atoms with Gasteiger partial charge in [-0.25, -0.2) is 0 Å². The largest absolute Gasteiger partial charge is 0.504 e. The Balaban J connectivity index is 3.04. The monoisotopic (exact) mass is 194 g/mol. The SMILES string of the molecule is COc1ccc(C)c(CCC=O)c1O. The van der Waals surface area contributed by atoms with Crippen LogP contribution in [0.4, 0.5) is 0 Å². The molecule has 0 unspecified atom stereocenters. The van der Waals surface area contributed by atoms with Crippen LogP contribution in [-0.2, 0) is 11.2 Å². The summed E-state index contributed by atoms with van der Waals surface area (Å²) in [4.78, 5) is 10.2. The Bertz CT molecular complexity index is 332. The Kier molecular flexibility index (Phi) is 3.51. The third-order valence-electron chi connectivity index (χ3n) is 2.21. The van der Waals surface area contributed by atoms with E-state index in [9.17, 15) is 9.90 Å². The highest BCUT2D eigenvalue weighted by atomic mass is 16.5. The molecule has 1 aromatic rings. The van der Waals surface area contributed by atoms with Crippen molar-refractivity contribution in [2.75, 3.05) is 7.11 Å². The van der Waals surface area contributed by atoms with Crippen LogP contribution in [0.2, 0.25) is 0 Å². The molecule has 3 heteroatoms. The highest BCUT2D eigenvalue weighted by Gasteiger charge is 2.09. The molecule has 0 saturated carbocycles. The molecule has 0 aliphatic carbocycles. The molecule has 14 heavy (non-hydrogen) atoms. The smallest absolute Gasteiger partial charge is 0.161 e. The molecular weight excluding hydrogens is 180 g/mol. The number of aryl methyl sites for hydroxylation is 1. The van der Waals surface area contributed by atoms with Gasteiger partial charge >= 0.3 is 0 Å². The summed E-state index contributed by atoms with van der Waals surface area (Å²) in [5.41, 5.74) is 1.77. The topological polar surface area (TPSA) is 46.5 Å². The number of phenols is 1. The number of phenolic OH excluding ortho intramolecular Hbond substituents is 1. The van der Waals surface area contributed by atoms with Gasteiger partial charge in [-0.3, -0.25) is 0 Å². The minimum absolute atomic E-state index is 0.148. The van der Waals surface area contributed by atoms with Crippen molar-refractivity contribution in [2.45, 2.75) is 19.8 Å². The Morgan fingerprint density at radius 2 is 2.21 bits per heavy atom. The van der Waals surface area contributed by atoms with E-state index in [1.165, 1.54) is 7.11 Å². The Labute approximate surface area is 83.3 Å². The van der Waals surface area contributed by atoms with E-state index in [-0.39, 0.29) is 5.75 Å². The van der Waals surface area contributed by atoms with Crippen molar-refractivity contribution in [1.82, 2.24) is 0 Å². The van der Waals surface area contributed by atoms with Gasteiger partial charge in [0.2, 0.25) is 0 Å². The number of hydrogen-bond acceptors (Lipinski definition) is 3. The first-order valence-corrected chi connectivity index (χ1v) is 4.49. The van der Waals surface area contributed by atoms with E-state index < -0.39 is 0 Å². The summed E-state index contributed by atoms with van der Waals surface area (Å²) in [5.74, 6) is 0.603. The van der Waals surface area contributed by atoms with Crippen LogP contribution in [0.3, 0.4) is 0 Å². The predicted octanol–water partition coefficient (Wildman–Crippen LogP) is 1.84. The third-order valence-corrected chi connectivity index (χ3v) is 2.21. The van der Waals surface area contributed by atoms with Crippen LogP contribution in [-0.4, -0.2) is 18.5 Å². The maximum absolute atomic E-state index is 10.2. The zero-order valence-electron chi connectivity index (χ0n) is 8.41. The van der Waals surface area contributed by atoms with Gasteiger partial charge in [0.15, 0.2) is 11.5 Å². The molecule has 0 aromatic heterocycles. The lowest BCUT2D eigenvalue weighted by Gasteiger charge is -2.10. The van der Waals surface area contributed by atoms with E-state index in [1.807, 2.05) is 13.0 Å². The van der Waals surface area contributed by atoms with Crippen LogP contribution in [0.25, 0.3) is 0 Å². The minimum atomic E-state index is 0.148. The number of rotatable bonds is 4. The average Bonchev–Trinajstić information content (AvgIpc) is 2.18. The summed E-state index contributed by atoms with van der Waals surface area (Å²) < 4.78 is 4.98. The molecule has 3 nitrogen and oxygen atoms in total. The van der Waals surface area contributed by atoms with E-state index >= 15 is 0 Å². The second-order valence-electron chi connectivity index (χ2n) is 3.12. The standard InChI is InChI=1S/C11H14O3/c1-8-5-6-10(14-2)11(13)9(8)4-3-7-12/h5-7,13H,3-4H2,1-2H3. The number of carbonyl (C=O) groups is 1. The molecule has 0 aliphatic rings. The van der Waals surface area contributed by atoms with E-state index in [0.717, 1.165) is 17.4 Å². The summed E-state index contributed by atoms with van der Waals surface area (Å²) in [6, 6.07) is 3.59. The summed E-state index contributed by atoms with van der Waals surface area (Å²) in [5, 5.41) is 9.76. The lowest BCUT2D eigenvalue weighted by atomic mass is 10.0. The molecule has 0 radical (unpaired) electrons. The lowest BCUT2D eigenvalue weighted by Crippen LogP contribution is -1.94. The van der Waals surface area contributed by atoms with Crippen molar-refractivity contribution in [1.29, 1.82) is 0 Å². The van der Waals surface area contributed by atoms with Gasteiger partial charge in [-0.15, -0.1) is 0 Å². The molecule has 0 atom stereocenters. The van der Waals surface area contributed by atoms with E-state index in [2.05, 4.69) is 0 Å². The van der Waals surface area contributed by atoms with Gasteiger partial charge in [0.05, 0.1) is 7.11 Å². The second-order valence-corrected chi connectivity index (χ2v) is 3.12. The molecule has 76 valence electrons. The van der Waals surface area contributed by atoms with Crippen LogP contribution in [0.5, 0.6) is 11.5 Å². The Hall–Kier alpha value is -1.51. The van der Waals surface area contributed by atoms with Gasteiger partial charge in [-0.1, -0.05) is 6.07 Å². The normalized spacial score (nSPS) is 9.86. The van der Waals surface area contributed by atoms with E-state index in [0.29, 0.717) is 18.6 Å². The number of benzene rings is 1. The first kappa shape index (κ1) is 10.6. The first-order chi connectivity index (χ1) is 6.70. The van der Waals surface area contributed by atoms with Gasteiger partial charge in [-0.2, -0.15) is 0 Å². The zero-order chi connectivity index (χ0) is 10.6. The number of ether oxygens (including phenoxy) is 1. The molecule has 0 fully saturated rings. The van der Waals surface area contributed by atoms with Gasteiger partial charge in [0.25, 0.3) is 0 Å². The molecule has 1 N–H and O–H groups in total. The number of methoxy groups -OCH3 is 1. The number of aldehydes is 1. The van der Waals surface area contributed by atoms with E-state index in [1.54, 1.807) is 6.07 Å². The fraction of sp³-hybridized carbons (Fsp3) is 0.364. The molecule has 0 aliphatic heterocycles. The van der Waals surface area contributed by atoms with Crippen molar-refractivity contribution in [3.8, 4) is 11.5 Å². The van der Waals surface area contributed by atoms with Crippen LogP contribution in [0.1, 0.15) is 17.5 Å². The van der Waals surface area contributed by atoms with Gasteiger partial charge in [0.1, 0.15) is 6.29 Å². The van der Waals surface area contributed by atoms with Crippen LogP contribution >= 0.6 is 0 Å². The summed E-state index contributed by atoms with van der Waals surface area (Å²) in [7, 11) is 1.51.